The third-order valence-corrected chi connectivity index (χ3v) is 7.87. The van der Waals surface area contributed by atoms with Gasteiger partial charge >= 0.3 is 0 Å². The highest BCUT2D eigenvalue weighted by atomic mass is 16.2. The van der Waals surface area contributed by atoms with E-state index in [1.807, 2.05) is 53.6 Å². The van der Waals surface area contributed by atoms with Crippen LogP contribution in [0.15, 0.2) is 90.8 Å². The summed E-state index contributed by atoms with van der Waals surface area (Å²) in [6.07, 6.45) is 7.02. The standard InChI is InChI=1S/C32H32N4O2/c37-31(24-9-2-1-3-10-24)34-30(21-26-22-33-29-13-7-6-12-28(26)29)32(38)36-18-16-35(17-19-36)27-15-14-23-8-4-5-11-25(23)20-27/h1-13,21-22,27,33H,14-20H2,(H,34,37)/b30-21+/t27-/m1/s1. The number of nitrogens with one attached hydrogen (secondary N) is 2. The van der Waals surface area contributed by atoms with Gasteiger partial charge in [0.25, 0.3) is 11.8 Å². The zero-order valence-electron chi connectivity index (χ0n) is 21.4. The zero-order valence-corrected chi connectivity index (χ0v) is 21.4. The van der Waals surface area contributed by atoms with Crippen LogP contribution < -0.4 is 5.32 Å². The predicted molar refractivity (Wildman–Crippen MR) is 151 cm³/mol. The molecule has 6 heteroatoms. The number of para-hydroxylation sites is 1. The summed E-state index contributed by atoms with van der Waals surface area (Å²) in [5.74, 6) is -0.433. The second kappa shape index (κ2) is 10.7. The van der Waals surface area contributed by atoms with E-state index in [-0.39, 0.29) is 11.8 Å². The van der Waals surface area contributed by atoms with Gasteiger partial charge in [0.15, 0.2) is 0 Å². The summed E-state index contributed by atoms with van der Waals surface area (Å²) in [7, 11) is 0. The number of aryl methyl sites for hydroxylation is 1. The van der Waals surface area contributed by atoms with E-state index in [1.165, 1.54) is 11.1 Å². The molecule has 1 aliphatic carbocycles. The van der Waals surface area contributed by atoms with Crippen molar-refractivity contribution < 1.29 is 9.59 Å². The predicted octanol–water partition coefficient (Wildman–Crippen LogP) is 4.64. The Hall–Kier alpha value is -4.16. The summed E-state index contributed by atoms with van der Waals surface area (Å²) in [5.41, 5.74) is 5.60. The zero-order chi connectivity index (χ0) is 25.9. The summed E-state index contributed by atoms with van der Waals surface area (Å²) < 4.78 is 0. The largest absolute Gasteiger partial charge is 0.361 e. The lowest BCUT2D eigenvalue weighted by Gasteiger charge is -2.41. The number of fused-ring (bicyclic) bond motifs is 2. The second-order valence-corrected chi connectivity index (χ2v) is 10.2. The molecule has 0 bridgehead atoms. The maximum Gasteiger partial charge on any atom is 0.270 e. The van der Waals surface area contributed by atoms with Crippen molar-refractivity contribution in [2.75, 3.05) is 26.2 Å². The minimum Gasteiger partial charge on any atom is -0.361 e. The molecule has 2 aliphatic rings. The van der Waals surface area contributed by atoms with E-state index in [2.05, 4.69) is 39.5 Å². The number of benzene rings is 3. The highest BCUT2D eigenvalue weighted by Gasteiger charge is 2.30. The van der Waals surface area contributed by atoms with E-state index < -0.39 is 0 Å². The average Bonchev–Trinajstić information content (AvgIpc) is 3.39. The highest BCUT2D eigenvalue weighted by molar-refractivity contribution is 6.06. The summed E-state index contributed by atoms with van der Waals surface area (Å²) in [6.45, 7) is 2.96. The SMILES string of the molecule is O=C(N/C(=C/c1c[nH]c2ccccc12)C(=O)N1CCN([C@@H]2CCc3ccccc3C2)CC1)c1ccccc1. The quantitative estimate of drug-likeness (QED) is 0.389. The van der Waals surface area contributed by atoms with Crippen LogP contribution in [0.3, 0.4) is 0 Å². The fourth-order valence-electron chi connectivity index (χ4n) is 5.75. The molecular formula is C32H32N4O2. The highest BCUT2D eigenvalue weighted by Crippen LogP contribution is 2.26. The Morgan fingerprint density at radius 1 is 0.842 bits per heavy atom. The van der Waals surface area contributed by atoms with E-state index in [4.69, 9.17) is 0 Å². The van der Waals surface area contributed by atoms with Crippen molar-refractivity contribution in [3.05, 3.63) is 113 Å². The van der Waals surface area contributed by atoms with Gasteiger partial charge in [0.05, 0.1) is 0 Å². The molecule has 0 spiro atoms. The van der Waals surface area contributed by atoms with E-state index in [9.17, 15) is 9.59 Å². The van der Waals surface area contributed by atoms with Crippen LogP contribution in [0.1, 0.15) is 33.5 Å². The Morgan fingerprint density at radius 3 is 2.37 bits per heavy atom. The average molecular weight is 505 g/mol. The molecule has 1 aromatic heterocycles. The van der Waals surface area contributed by atoms with Crippen molar-refractivity contribution in [2.24, 2.45) is 0 Å². The number of nitrogens with zero attached hydrogens (tertiary/aromatic N) is 2. The number of hydrogen-bond acceptors (Lipinski definition) is 3. The smallest absolute Gasteiger partial charge is 0.270 e. The minimum absolute atomic E-state index is 0.145. The number of carbonyl (C=O) groups is 2. The van der Waals surface area contributed by atoms with Crippen molar-refractivity contribution in [2.45, 2.75) is 25.3 Å². The Bertz CT molecular complexity index is 1480. The number of rotatable bonds is 5. The second-order valence-electron chi connectivity index (χ2n) is 10.2. The fourth-order valence-corrected chi connectivity index (χ4v) is 5.75. The third kappa shape index (κ3) is 5.00. The van der Waals surface area contributed by atoms with Crippen LogP contribution in [0.25, 0.3) is 17.0 Å². The van der Waals surface area contributed by atoms with E-state index in [0.29, 0.717) is 30.4 Å². The van der Waals surface area contributed by atoms with Crippen molar-refractivity contribution in [3.63, 3.8) is 0 Å². The van der Waals surface area contributed by atoms with E-state index >= 15 is 0 Å². The van der Waals surface area contributed by atoms with Crippen molar-refractivity contribution in [1.29, 1.82) is 0 Å². The third-order valence-electron chi connectivity index (χ3n) is 7.87. The van der Waals surface area contributed by atoms with Gasteiger partial charge in [-0.1, -0.05) is 60.7 Å². The molecule has 1 aliphatic heterocycles. The molecule has 38 heavy (non-hydrogen) atoms. The molecule has 6 nitrogen and oxygen atoms in total. The van der Waals surface area contributed by atoms with Gasteiger partial charge < -0.3 is 15.2 Å². The van der Waals surface area contributed by atoms with Crippen molar-refractivity contribution in [1.82, 2.24) is 20.1 Å². The number of piperazine rings is 1. The van der Waals surface area contributed by atoms with Crippen LogP contribution in [-0.4, -0.2) is 58.8 Å². The molecule has 2 N–H and O–H groups in total. The lowest BCUT2D eigenvalue weighted by Crippen LogP contribution is -2.54. The molecule has 0 radical (unpaired) electrons. The molecule has 0 saturated carbocycles. The first-order valence-corrected chi connectivity index (χ1v) is 13.4. The van der Waals surface area contributed by atoms with E-state index in [0.717, 1.165) is 48.8 Å². The topological polar surface area (TPSA) is 68.4 Å². The maximum atomic E-state index is 13.8. The van der Waals surface area contributed by atoms with Gasteiger partial charge in [0, 0.05) is 60.4 Å². The normalized spacial score (nSPS) is 18.3. The molecule has 2 heterocycles. The van der Waals surface area contributed by atoms with Gasteiger partial charge in [-0.05, 0) is 54.7 Å². The van der Waals surface area contributed by atoms with Crippen molar-refractivity contribution in [3.8, 4) is 0 Å². The summed E-state index contributed by atoms with van der Waals surface area (Å²) in [6, 6.07) is 26.2. The fraction of sp³-hybridized carbons (Fsp3) is 0.250. The van der Waals surface area contributed by atoms with Gasteiger partial charge in [-0.25, -0.2) is 0 Å². The summed E-state index contributed by atoms with van der Waals surface area (Å²) >= 11 is 0. The van der Waals surface area contributed by atoms with Crippen LogP contribution >= 0.6 is 0 Å². The van der Waals surface area contributed by atoms with Gasteiger partial charge in [0.2, 0.25) is 0 Å². The first-order chi connectivity index (χ1) is 18.7. The maximum absolute atomic E-state index is 13.8. The first kappa shape index (κ1) is 24.2. The first-order valence-electron chi connectivity index (χ1n) is 13.4. The summed E-state index contributed by atoms with van der Waals surface area (Å²) in [4.78, 5) is 34.5. The molecule has 0 unspecified atom stereocenters. The van der Waals surface area contributed by atoms with Crippen LogP contribution in [0.2, 0.25) is 0 Å². The monoisotopic (exact) mass is 504 g/mol. The van der Waals surface area contributed by atoms with Crippen LogP contribution in [-0.2, 0) is 17.6 Å². The van der Waals surface area contributed by atoms with Gasteiger partial charge in [-0.2, -0.15) is 0 Å². The molecule has 192 valence electrons. The van der Waals surface area contributed by atoms with Crippen LogP contribution in [0, 0.1) is 0 Å². The van der Waals surface area contributed by atoms with Gasteiger partial charge in [-0.3, -0.25) is 14.5 Å². The van der Waals surface area contributed by atoms with E-state index in [1.54, 1.807) is 18.2 Å². The summed E-state index contributed by atoms with van der Waals surface area (Å²) in [5, 5.41) is 3.93. The van der Waals surface area contributed by atoms with Crippen LogP contribution in [0.4, 0.5) is 0 Å². The number of carbonyl (C=O) groups excluding carboxylic acids is 2. The molecule has 1 atom stereocenters. The lowest BCUT2D eigenvalue weighted by molar-refractivity contribution is -0.129. The van der Waals surface area contributed by atoms with Gasteiger partial charge in [0.1, 0.15) is 5.70 Å². The molecular weight excluding hydrogens is 472 g/mol. The molecule has 1 saturated heterocycles. The van der Waals surface area contributed by atoms with Crippen LogP contribution in [0.5, 0.6) is 0 Å². The molecule has 4 aromatic rings. The molecule has 3 aromatic carbocycles. The number of aromatic amines is 1. The Kier molecular flexibility index (Phi) is 6.80. The Morgan fingerprint density at radius 2 is 1.55 bits per heavy atom. The Labute approximate surface area is 223 Å². The number of H-pyrrole nitrogens is 1. The number of aromatic nitrogens is 1. The van der Waals surface area contributed by atoms with Crippen molar-refractivity contribution >= 4 is 28.8 Å². The van der Waals surface area contributed by atoms with Gasteiger partial charge in [-0.15, -0.1) is 0 Å². The minimum atomic E-state index is -0.287. The molecule has 2 amide bonds. The number of amides is 2. The molecule has 6 rings (SSSR count). The lowest BCUT2D eigenvalue weighted by atomic mass is 9.87. The molecule has 1 fully saturated rings. The Balaban J connectivity index is 1.19. The number of hydrogen-bond donors (Lipinski definition) is 2.